The summed E-state index contributed by atoms with van der Waals surface area (Å²) in [5, 5.41) is 0. The Balaban J connectivity index is 3.17. The fraction of sp³-hybridized carbons (Fsp3) is 0.533. The average molecular weight is 332 g/mol. The van der Waals surface area contributed by atoms with Crippen molar-refractivity contribution in [3.05, 3.63) is 29.3 Å². The maximum Gasteiger partial charge on any atom is 0.261 e. The first-order chi connectivity index (χ1) is 9.70. The molecule has 0 saturated carbocycles. The minimum Gasteiger partial charge on any atom is -0.341 e. The van der Waals surface area contributed by atoms with Crippen molar-refractivity contribution in [2.45, 2.75) is 38.5 Å². The monoisotopic (exact) mass is 331 g/mol. The van der Waals surface area contributed by atoms with Crippen molar-refractivity contribution in [3.8, 4) is 0 Å². The van der Waals surface area contributed by atoms with E-state index in [1.54, 1.807) is 18.0 Å². The molecule has 1 aromatic carbocycles. The molecule has 21 heavy (non-hydrogen) atoms. The Labute approximate surface area is 131 Å². The first-order valence-electron chi connectivity index (χ1n) is 7.03. The third-order valence-corrected chi connectivity index (χ3v) is 4.95. The highest BCUT2D eigenvalue weighted by Crippen LogP contribution is 2.21. The second-order valence-corrected chi connectivity index (χ2v) is 7.88. The number of aryl methyl sites for hydroxylation is 1. The molecule has 0 saturated heterocycles. The molecule has 0 aliphatic rings. The molecular weight excluding hydrogens is 310 g/mol. The number of amides is 1. The summed E-state index contributed by atoms with van der Waals surface area (Å²) in [6.07, 6.45) is 1.63. The van der Waals surface area contributed by atoms with Crippen molar-refractivity contribution in [2.24, 2.45) is 5.92 Å². The molecule has 0 heterocycles. The van der Waals surface area contributed by atoms with Gasteiger partial charge in [0, 0.05) is 29.8 Å². The molecule has 0 aromatic heterocycles. The van der Waals surface area contributed by atoms with E-state index in [4.69, 9.17) is 10.7 Å². The van der Waals surface area contributed by atoms with E-state index in [-0.39, 0.29) is 10.8 Å². The van der Waals surface area contributed by atoms with Crippen LogP contribution in [0.2, 0.25) is 0 Å². The second-order valence-electron chi connectivity index (χ2n) is 5.31. The molecule has 0 radical (unpaired) electrons. The second kappa shape index (κ2) is 7.27. The van der Waals surface area contributed by atoms with Gasteiger partial charge in [0.25, 0.3) is 15.0 Å². The Kier molecular flexibility index (Phi) is 6.23. The van der Waals surface area contributed by atoms with Crippen LogP contribution < -0.4 is 0 Å². The van der Waals surface area contributed by atoms with Gasteiger partial charge in [0.2, 0.25) is 0 Å². The van der Waals surface area contributed by atoms with Gasteiger partial charge in [-0.1, -0.05) is 33.3 Å². The topological polar surface area (TPSA) is 54.5 Å². The predicted molar refractivity (Wildman–Crippen MR) is 85.3 cm³/mol. The van der Waals surface area contributed by atoms with Crippen LogP contribution in [-0.2, 0) is 15.5 Å². The fourth-order valence-electron chi connectivity index (χ4n) is 2.10. The zero-order chi connectivity index (χ0) is 16.2. The van der Waals surface area contributed by atoms with E-state index < -0.39 is 9.05 Å². The van der Waals surface area contributed by atoms with Gasteiger partial charge in [0.1, 0.15) is 0 Å². The lowest BCUT2D eigenvalue weighted by Crippen LogP contribution is -2.31. The Morgan fingerprint density at radius 2 is 1.95 bits per heavy atom. The van der Waals surface area contributed by atoms with Gasteiger partial charge in [-0.25, -0.2) is 8.42 Å². The minimum atomic E-state index is -3.84. The minimum absolute atomic E-state index is 0.0401. The summed E-state index contributed by atoms with van der Waals surface area (Å²) in [7, 11) is 3.26. The lowest BCUT2D eigenvalue weighted by Gasteiger charge is -2.22. The Bertz CT molecular complexity index is 613. The first-order valence-corrected chi connectivity index (χ1v) is 9.34. The maximum absolute atomic E-state index is 12.5. The first kappa shape index (κ1) is 18.0. The standard InChI is InChI=1S/C15H22ClNO3S/c1-5-11(3)10-17(4)15(18)14-9-13(21(16,19)20)8-7-12(14)6-2/h7-9,11H,5-6,10H2,1-4H3. The third kappa shape index (κ3) is 4.71. The van der Waals surface area contributed by atoms with Gasteiger partial charge in [-0.2, -0.15) is 0 Å². The molecule has 0 spiro atoms. The van der Waals surface area contributed by atoms with E-state index in [1.807, 2.05) is 6.92 Å². The van der Waals surface area contributed by atoms with Gasteiger partial charge in [0.15, 0.2) is 0 Å². The molecule has 4 nitrogen and oxygen atoms in total. The highest BCUT2D eigenvalue weighted by molar-refractivity contribution is 8.13. The van der Waals surface area contributed by atoms with E-state index >= 15 is 0 Å². The van der Waals surface area contributed by atoms with Gasteiger partial charge >= 0.3 is 0 Å². The van der Waals surface area contributed by atoms with Gasteiger partial charge < -0.3 is 4.90 Å². The van der Waals surface area contributed by atoms with Crippen LogP contribution in [0.25, 0.3) is 0 Å². The zero-order valence-electron chi connectivity index (χ0n) is 12.9. The van der Waals surface area contributed by atoms with E-state index in [1.165, 1.54) is 12.1 Å². The van der Waals surface area contributed by atoms with Crippen molar-refractivity contribution in [3.63, 3.8) is 0 Å². The van der Waals surface area contributed by atoms with Crippen LogP contribution in [0.5, 0.6) is 0 Å². The predicted octanol–water partition coefficient (Wildman–Crippen LogP) is 3.29. The van der Waals surface area contributed by atoms with Crippen molar-refractivity contribution < 1.29 is 13.2 Å². The summed E-state index contributed by atoms with van der Waals surface area (Å²) in [4.78, 5) is 14.1. The molecular formula is C15H22ClNO3S. The third-order valence-electron chi connectivity index (χ3n) is 3.60. The van der Waals surface area contributed by atoms with Crippen LogP contribution in [0.1, 0.15) is 43.1 Å². The van der Waals surface area contributed by atoms with Crippen LogP contribution in [0, 0.1) is 5.92 Å². The maximum atomic E-state index is 12.5. The van der Waals surface area contributed by atoms with E-state index in [9.17, 15) is 13.2 Å². The van der Waals surface area contributed by atoms with Crippen LogP contribution in [0.15, 0.2) is 23.1 Å². The highest BCUT2D eigenvalue weighted by Gasteiger charge is 2.20. The SMILES string of the molecule is CCc1ccc(S(=O)(=O)Cl)cc1C(=O)N(C)CC(C)CC. The zero-order valence-corrected chi connectivity index (χ0v) is 14.5. The molecule has 1 aromatic rings. The van der Waals surface area contributed by atoms with Crippen LogP contribution in [0.3, 0.4) is 0 Å². The number of hydrogen-bond donors (Lipinski definition) is 0. The number of benzene rings is 1. The Morgan fingerprint density at radius 1 is 1.33 bits per heavy atom. The molecule has 0 bridgehead atoms. The number of halogens is 1. The van der Waals surface area contributed by atoms with Crippen molar-refractivity contribution in [2.75, 3.05) is 13.6 Å². The summed E-state index contributed by atoms with van der Waals surface area (Å²) in [5.41, 5.74) is 1.23. The molecule has 1 atom stereocenters. The number of carbonyl (C=O) groups excluding carboxylic acids is 1. The van der Waals surface area contributed by atoms with Gasteiger partial charge in [0.05, 0.1) is 4.90 Å². The number of carbonyl (C=O) groups is 1. The molecule has 6 heteroatoms. The number of hydrogen-bond acceptors (Lipinski definition) is 3. The molecule has 1 amide bonds. The molecule has 0 N–H and O–H groups in total. The lowest BCUT2D eigenvalue weighted by molar-refractivity contribution is 0.0773. The molecule has 0 aliphatic carbocycles. The molecule has 1 rings (SSSR count). The summed E-state index contributed by atoms with van der Waals surface area (Å²) in [6, 6.07) is 4.46. The van der Waals surface area contributed by atoms with Gasteiger partial charge in [-0.15, -0.1) is 0 Å². The van der Waals surface area contributed by atoms with Crippen molar-refractivity contribution in [1.29, 1.82) is 0 Å². The molecule has 0 fully saturated rings. The lowest BCUT2D eigenvalue weighted by atomic mass is 10.0. The average Bonchev–Trinajstić information content (AvgIpc) is 2.44. The smallest absolute Gasteiger partial charge is 0.261 e. The molecule has 0 aliphatic heterocycles. The van der Waals surface area contributed by atoms with E-state index in [2.05, 4.69) is 13.8 Å². The molecule has 118 valence electrons. The van der Waals surface area contributed by atoms with Crippen molar-refractivity contribution >= 4 is 25.6 Å². The summed E-state index contributed by atoms with van der Waals surface area (Å²) in [6.45, 7) is 6.71. The number of rotatable bonds is 6. The van der Waals surface area contributed by atoms with E-state index in [0.717, 1.165) is 12.0 Å². The Morgan fingerprint density at radius 3 is 2.43 bits per heavy atom. The number of nitrogens with zero attached hydrogens (tertiary/aromatic N) is 1. The summed E-state index contributed by atoms with van der Waals surface area (Å²) in [5.74, 6) is 0.221. The summed E-state index contributed by atoms with van der Waals surface area (Å²) < 4.78 is 22.9. The quantitative estimate of drug-likeness (QED) is 0.751. The van der Waals surface area contributed by atoms with Crippen molar-refractivity contribution in [1.82, 2.24) is 4.90 Å². The van der Waals surface area contributed by atoms with Gasteiger partial charge in [-0.05, 0) is 30.0 Å². The fourth-order valence-corrected chi connectivity index (χ4v) is 2.88. The summed E-state index contributed by atoms with van der Waals surface area (Å²) >= 11 is 0. The van der Waals surface area contributed by atoms with Crippen LogP contribution in [0.4, 0.5) is 0 Å². The van der Waals surface area contributed by atoms with Crippen LogP contribution in [-0.4, -0.2) is 32.8 Å². The molecule has 1 unspecified atom stereocenters. The van der Waals surface area contributed by atoms with Crippen LogP contribution >= 0.6 is 10.7 Å². The van der Waals surface area contributed by atoms with Gasteiger partial charge in [-0.3, -0.25) is 4.79 Å². The largest absolute Gasteiger partial charge is 0.341 e. The van der Waals surface area contributed by atoms with E-state index in [0.29, 0.717) is 24.4 Å². The highest BCUT2D eigenvalue weighted by atomic mass is 35.7. The Hall–Kier alpha value is -1.07. The normalized spacial score (nSPS) is 13.0.